The molecule has 0 spiro atoms. The minimum atomic E-state index is 0.0131. The number of hydrogen-bond acceptors (Lipinski definition) is 1. The highest BCUT2D eigenvalue weighted by molar-refractivity contribution is 5.41. The third-order valence-electron chi connectivity index (χ3n) is 4.33. The standard InChI is InChI=1S/C13H24O/c1-5-6-7-8-9-12(3)11(2)13(12,4)10-14/h14H,2,5-10H2,1,3-4H3/t12-,13-/m0/s1. The van der Waals surface area contributed by atoms with Crippen LogP contribution in [0.1, 0.15) is 52.9 Å². The van der Waals surface area contributed by atoms with Crippen LogP contribution in [0.4, 0.5) is 0 Å². The molecule has 2 atom stereocenters. The predicted molar refractivity (Wildman–Crippen MR) is 61.2 cm³/mol. The van der Waals surface area contributed by atoms with Crippen LogP contribution >= 0.6 is 0 Å². The Labute approximate surface area is 88.2 Å². The normalized spacial score (nSPS) is 36.1. The Hall–Kier alpha value is -0.300. The summed E-state index contributed by atoms with van der Waals surface area (Å²) >= 11 is 0. The van der Waals surface area contributed by atoms with E-state index in [1.165, 1.54) is 37.7 Å². The van der Waals surface area contributed by atoms with Crippen molar-refractivity contribution >= 4 is 0 Å². The molecule has 0 bridgehead atoms. The average molecular weight is 196 g/mol. The highest BCUT2D eigenvalue weighted by Crippen LogP contribution is 2.69. The maximum Gasteiger partial charge on any atom is 0.0530 e. The van der Waals surface area contributed by atoms with E-state index < -0.39 is 0 Å². The average Bonchev–Trinajstić information content (AvgIpc) is 2.61. The fraction of sp³-hybridized carbons (Fsp3) is 0.846. The summed E-state index contributed by atoms with van der Waals surface area (Å²) in [5, 5.41) is 9.31. The molecule has 0 aromatic carbocycles. The molecule has 1 aliphatic carbocycles. The topological polar surface area (TPSA) is 20.2 Å². The first-order chi connectivity index (χ1) is 6.53. The molecular formula is C13H24O. The zero-order valence-electron chi connectivity index (χ0n) is 9.90. The van der Waals surface area contributed by atoms with Crippen LogP contribution in [0.3, 0.4) is 0 Å². The molecule has 0 unspecified atom stereocenters. The van der Waals surface area contributed by atoms with Gasteiger partial charge in [-0.2, -0.15) is 0 Å². The predicted octanol–water partition coefficient (Wildman–Crippen LogP) is 3.53. The summed E-state index contributed by atoms with van der Waals surface area (Å²) in [6, 6.07) is 0. The molecule has 1 nitrogen and oxygen atoms in total. The number of hydrogen-bond donors (Lipinski definition) is 1. The van der Waals surface area contributed by atoms with Crippen molar-refractivity contribution in [1.82, 2.24) is 0 Å². The molecule has 1 N–H and O–H groups in total. The summed E-state index contributed by atoms with van der Waals surface area (Å²) in [7, 11) is 0. The van der Waals surface area contributed by atoms with Gasteiger partial charge in [-0.05, 0) is 6.42 Å². The third kappa shape index (κ3) is 1.63. The second-order valence-electron chi connectivity index (χ2n) is 5.11. The lowest BCUT2D eigenvalue weighted by molar-refractivity contribution is 0.186. The van der Waals surface area contributed by atoms with Gasteiger partial charge in [0.1, 0.15) is 0 Å². The lowest BCUT2D eigenvalue weighted by Gasteiger charge is -2.14. The van der Waals surface area contributed by atoms with E-state index in [2.05, 4.69) is 27.4 Å². The molecule has 1 fully saturated rings. The lowest BCUT2D eigenvalue weighted by Crippen LogP contribution is -2.11. The van der Waals surface area contributed by atoms with Crippen LogP contribution < -0.4 is 0 Å². The second kappa shape index (κ2) is 4.06. The smallest absolute Gasteiger partial charge is 0.0530 e. The van der Waals surface area contributed by atoms with Crippen molar-refractivity contribution in [2.45, 2.75) is 52.9 Å². The minimum absolute atomic E-state index is 0.0131. The van der Waals surface area contributed by atoms with Crippen LogP contribution in [0.2, 0.25) is 0 Å². The van der Waals surface area contributed by atoms with Gasteiger partial charge in [-0.1, -0.05) is 58.6 Å². The highest BCUT2D eigenvalue weighted by atomic mass is 16.3. The van der Waals surface area contributed by atoms with Crippen molar-refractivity contribution in [3.05, 3.63) is 12.2 Å². The molecule has 0 aliphatic heterocycles. The first-order valence-corrected chi connectivity index (χ1v) is 5.83. The highest BCUT2D eigenvalue weighted by Gasteiger charge is 2.63. The molecule has 82 valence electrons. The van der Waals surface area contributed by atoms with Crippen LogP contribution in [-0.2, 0) is 0 Å². The Balaban J connectivity index is 2.35. The lowest BCUT2D eigenvalue weighted by atomic mass is 9.91. The molecule has 14 heavy (non-hydrogen) atoms. The van der Waals surface area contributed by atoms with E-state index in [1.54, 1.807) is 0 Å². The Morgan fingerprint density at radius 2 is 1.79 bits per heavy atom. The first kappa shape index (κ1) is 11.8. The quantitative estimate of drug-likeness (QED) is 0.509. The van der Waals surface area contributed by atoms with Gasteiger partial charge in [0.15, 0.2) is 0 Å². The van der Waals surface area contributed by atoms with E-state index >= 15 is 0 Å². The van der Waals surface area contributed by atoms with Gasteiger partial charge < -0.3 is 5.11 Å². The molecule has 0 amide bonds. The van der Waals surface area contributed by atoms with Crippen LogP contribution in [-0.4, -0.2) is 11.7 Å². The summed E-state index contributed by atoms with van der Waals surface area (Å²) in [6.45, 7) is 11.0. The molecule has 1 saturated carbocycles. The molecule has 0 radical (unpaired) electrons. The second-order valence-corrected chi connectivity index (χ2v) is 5.11. The fourth-order valence-corrected chi connectivity index (χ4v) is 2.53. The number of rotatable bonds is 6. The maximum atomic E-state index is 9.31. The molecule has 0 aromatic heterocycles. The van der Waals surface area contributed by atoms with Crippen molar-refractivity contribution in [1.29, 1.82) is 0 Å². The van der Waals surface area contributed by atoms with E-state index in [-0.39, 0.29) is 17.4 Å². The van der Waals surface area contributed by atoms with Gasteiger partial charge in [0.05, 0.1) is 6.61 Å². The molecule has 1 aliphatic rings. The van der Waals surface area contributed by atoms with Crippen molar-refractivity contribution in [2.24, 2.45) is 10.8 Å². The van der Waals surface area contributed by atoms with Crippen molar-refractivity contribution in [3.8, 4) is 0 Å². The van der Waals surface area contributed by atoms with Crippen LogP contribution in [0, 0.1) is 10.8 Å². The zero-order chi connectivity index (χ0) is 10.8. The number of aliphatic hydroxyl groups excluding tert-OH is 1. The van der Waals surface area contributed by atoms with Gasteiger partial charge >= 0.3 is 0 Å². The van der Waals surface area contributed by atoms with E-state index in [4.69, 9.17) is 0 Å². The van der Waals surface area contributed by atoms with E-state index in [0.29, 0.717) is 0 Å². The van der Waals surface area contributed by atoms with E-state index in [1.807, 2.05) is 0 Å². The summed E-state index contributed by atoms with van der Waals surface area (Å²) in [5.74, 6) is 0. The third-order valence-corrected chi connectivity index (χ3v) is 4.33. The Morgan fingerprint density at radius 3 is 2.21 bits per heavy atom. The van der Waals surface area contributed by atoms with Crippen molar-refractivity contribution in [3.63, 3.8) is 0 Å². The molecule has 0 heterocycles. The number of aliphatic hydroxyl groups is 1. The van der Waals surface area contributed by atoms with E-state index in [9.17, 15) is 5.11 Å². The summed E-state index contributed by atoms with van der Waals surface area (Å²) < 4.78 is 0. The molecular weight excluding hydrogens is 172 g/mol. The van der Waals surface area contributed by atoms with Crippen molar-refractivity contribution in [2.75, 3.05) is 6.61 Å². The van der Waals surface area contributed by atoms with Crippen LogP contribution in [0.15, 0.2) is 12.2 Å². The van der Waals surface area contributed by atoms with Gasteiger partial charge in [-0.15, -0.1) is 0 Å². The monoisotopic (exact) mass is 196 g/mol. The van der Waals surface area contributed by atoms with Gasteiger partial charge in [-0.3, -0.25) is 0 Å². The van der Waals surface area contributed by atoms with E-state index in [0.717, 1.165) is 0 Å². The first-order valence-electron chi connectivity index (χ1n) is 5.83. The summed E-state index contributed by atoms with van der Waals surface area (Å²) in [6.07, 6.45) is 6.41. The largest absolute Gasteiger partial charge is 0.395 e. The summed E-state index contributed by atoms with van der Waals surface area (Å²) in [4.78, 5) is 0. The Bertz CT molecular complexity index is 221. The van der Waals surface area contributed by atoms with Gasteiger partial charge in [-0.25, -0.2) is 0 Å². The maximum absolute atomic E-state index is 9.31. The Morgan fingerprint density at radius 1 is 1.14 bits per heavy atom. The molecule has 0 saturated heterocycles. The van der Waals surface area contributed by atoms with Crippen molar-refractivity contribution < 1.29 is 5.11 Å². The number of unbranched alkanes of at least 4 members (excludes halogenated alkanes) is 3. The van der Waals surface area contributed by atoms with Crippen LogP contribution in [0.25, 0.3) is 0 Å². The molecule has 0 aromatic rings. The fourth-order valence-electron chi connectivity index (χ4n) is 2.53. The van der Waals surface area contributed by atoms with Gasteiger partial charge in [0.25, 0.3) is 0 Å². The SMILES string of the molecule is C=C1[C@](C)(CO)[C@@]1(C)CCCCCC. The zero-order valence-corrected chi connectivity index (χ0v) is 9.90. The van der Waals surface area contributed by atoms with Gasteiger partial charge in [0, 0.05) is 10.8 Å². The summed E-state index contributed by atoms with van der Waals surface area (Å²) in [5.41, 5.74) is 1.48. The Kier molecular flexibility index (Phi) is 3.41. The minimum Gasteiger partial charge on any atom is -0.395 e. The molecule has 1 heteroatoms. The molecule has 1 rings (SSSR count). The van der Waals surface area contributed by atoms with Crippen LogP contribution in [0.5, 0.6) is 0 Å². The van der Waals surface area contributed by atoms with Gasteiger partial charge in [0.2, 0.25) is 0 Å².